The van der Waals surface area contributed by atoms with Gasteiger partial charge in [0.25, 0.3) is 0 Å². The summed E-state index contributed by atoms with van der Waals surface area (Å²) in [4.78, 5) is 2.31. The van der Waals surface area contributed by atoms with E-state index in [4.69, 9.17) is 0 Å². The molecule has 0 aliphatic carbocycles. The van der Waals surface area contributed by atoms with Gasteiger partial charge in [0.1, 0.15) is 0 Å². The molecule has 4 aromatic carbocycles. The predicted molar refractivity (Wildman–Crippen MR) is 135 cm³/mol. The fourth-order valence-electron chi connectivity index (χ4n) is 4.04. The van der Waals surface area contributed by atoms with E-state index in [9.17, 15) is 0 Å². The number of hydrogen-bond acceptors (Lipinski definition) is 1. The minimum absolute atomic E-state index is 0.426. The van der Waals surface area contributed by atoms with Crippen molar-refractivity contribution in [3.05, 3.63) is 126 Å². The van der Waals surface area contributed by atoms with Crippen LogP contribution in [0.5, 0.6) is 0 Å². The van der Waals surface area contributed by atoms with Crippen molar-refractivity contribution in [2.75, 3.05) is 23.7 Å². The third-order valence-electron chi connectivity index (χ3n) is 5.29. The van der Waals surface area contributed by atoms with Crippen molar-refractivity contribution in [1.82, 2.24) is 0 Å². The second-order valence-corrected chi connectivity index (χ2v) is 12.7. The van der Waals surface area contributed by atoms with Gasteiger partial charge >= 0.3 is 0 Å². The molecule has 0 aliphatic rings. The highest BCUT2D eigenvalue weighted by atomic mass is 32.3. The van der Waals surface area contributed by atoms with Crippen LogP contribution in [0, 0.1) is 0 Å². The Balaban J connectivity index is 1.75. The van der Waals surface area contributed by atoms with Crippen molar-refractivity contribution in [3.63, 3.8) is 0 Å². The van der Waals surface area contributed by atoms with Crippen molar-refractivity contribution in [2.45, 2.75) is 5.25 Å². The average Bonchev–Trinajstić information content (AvgIpc) is 2.77. The van der Waals surface area contributed by atoms with E-state index < -0.39 is 10.0 Å². The van der Waals surface area contributed by atoms with Crippen molar-refractivity contribution in [2.24, 2.45) is 0 Å². The SMILES string of the molecule is CS(C)(C)C(c1ccccc1)c1ccc(N(c2ccccc2)c2ccccc2)cc1. The maximum atomic E-state index is 2.40. The number of benzene rings is 4. The summed E-state index contributed by atoms with van der Waals surface area (Å²) in [5.74, 6) is 0. The van der Waals surface area contributed by atoms with Gasteiger partial charge in [0.2, 0.25) is 0 Å². The zero-order valence-electron chi connectivity index (χ0n) is 17.9. The van der Waals surface area contributed by atoms with Gasteiger partial charge in [-0.2, -0.15) is 0 Å². The quantitative estimate of drug-likeness (QED) is 0.311. The van der Waals surface area contributed by atoms with Crippen molar-refractivity contribution in [1.29, 1.82) is 0 Å². The molecular formula is C28H29NS. The molecule has 0 heterocycles. The van der Waals surface area contributed by atoms with Gasteiger partial charge in [0.05, 0.1) is 0 Å². The summed E-state index contributed by atoms with van der Waals surface area (Å²) >= 11 is 0. The molecule has 0 spiro atoms. The second kappa shape index (κ2) is 8.81. The van der Waals surface area contributed by atoms with Gasteiger partial charge in [0, 0.05) is 22.3 Å². The van der Waals surface area contributed by atoms with Crippen LogP contribution in [0.1, 0.15) is 16.4 Å². The number of hydrogen-bond donors (Lipinski definition) is 0. The van der Waals surface area contributed by atoms with Crippen LogP contribution in [-0.2, 0) is 0 Å². The molecule has 0 aliphatic heterocycles. The lowest BCUT2D eigenvalue weighted by Crippen LogP contribution is -2.11. The molecule has 0 saturated carbocycles. The predicted octanol–water partition coefficient (Wildman–Crippen LogP) is 7.94. The van der Waals surface area contributed by atoms with E-state index in [2.05, 4.69) is 139 Å². The zero-order chi connectivity index (χ0) is 21.0. The summed E-state index contributed by atoms with van der Waals surface area (Å²) in [7, 11) is -0.822. The van der Waals surface area contributed by atoms with Crippen LogP contribution in [-0.4, -0.2) is 18.8 Å². The largest absolute Gasteiger partial charge is 0.311 e. The molecule has 0 bridgehead atoms. The first-order valence-corrected chi connectivity index (χ1v) is 13.2. The Labute approximate surface area is 182 Å². The van der Waals surface area contributed by atoms with Gasteiger partial charge in [-0.3, -0.25) is 0 Å². The highest BCUT2D eigenvalue weighted by Gasteiger charge is 2.24. The standard InChI is InChI=1S/C28H29NS/c1-30(2,3)28(23-13-7-4-8-14-23)24-19-21-27(22-20-24)29(25-15-9-5-10-16-25)26-17-11-6-12-18-26/h4-22,28H,1-3H3. The fraction of sp³-hybridized carbons (Fsp3) is 0.143. The summed E-state index contributed by atoms with van der Waals surface area (Å²) in [6.07, 6.45) is 7.20. The topological polar surface area (TPSA) is 3.24 Å². The number of anilines is 3. The summed E-state index contributed by atoms with van der Waals surface area (Å²) in [6, 6.07) is 41.2. The molecule has 152 valence electrons. The molecule has 0 N–H and O–H groups in total. The van der Waals surface area contributed by atoms with E-state index in [1.165, 1.54) is 16.8 Å². The first-order valence-electron chi connectivity index (χ1n) is 10.3. The van der Waals surface area contributed by atoms with Crippen LogP contribution >= 0.6 is 10.0 Å². The summed E-state index contributed by atoms with van der Waals surface area (Å²) in [6.45, 7) is 0. The van der Waals surface area contributed by atoms with E-state index in [1.807, 2.05) is 0 Å². The molecule has 0 aromatic heterocycles. The number of para-hydroxylation sites is 2. The third-order valence-corrected chi connectivity index (χ3v) is 7.25. The van der Waals surface area contributed by atoms with Crippen LogP contribution in [0.15, 0.2) is 115 Å². The Kier molecular flexibility index (Phi) is 5.96. The second-order valence-electron chi connectivity index (χ2n) is 8.32. The monoisotopic (exact) mass is 411 g/mol. The molecule has 0 radical (unpaired) electrons. The molecule has 1 unspecified atom stereocenters. The minimum atomic E-state index is -0.822. The average molecular weight is 412 g/mol. The van der Waals surface area contributed by atoms with E-state index in [1.54, 1.807) is 0 Å². The maximum absolute atomic E-state index is 2.40. The molecule has 0 amide bonds. The van der Waals surface area contributed by atoms with Crippen LogP contribution in [0.4, 0.5) is 17.1 Å². The first-order chi connectivity index (χ1) is 14.5. The molecule has 4 rings (SSSR count). The Bertz CT molecular complexity index is 1010. The number of rotatable bonds is 6. The Morgan fingerprint density at radius 2 is 0.833 bits per heavy atom. The van der Waals surface area contributed by atoms with Gasteiger partial charge in [0.15, 0.2) is 0 Å². The highest BCUT2D eigenvalue weighted by molar-refractivity contribution is 8.32. The fourth-order valence-corrected chi connectivity index (χ4v) is 5.98. The first kappa shape index (κ1) is 20.3. The molecule has 2 heteroatoms. The van der Waals surface area contributed by atoms with Gasteiger partial charge in [-0.1, -0.05) is 78.9 Å². The molecule has 0 saturated heterocycles. The van der Waals surface area contributed by atoms with E-state index >= 15 is 0 Å². The lowest BCUT2D eigenvalue weighted by atomic mass is 10.0. The van der Waals surface area contributed by atoms with Gasteiger partial charge in [-0.15, -0.1) is 0 Å². The zero-order valence-corrected chi connectivity index (χ0v) is 18.7. The van der Waals surface area contributed by atoms with Gasteiger partial charge in [-0.05, 0) is 66.3 Å². The minimum Gasteiger partial charge on any atom is -0.311 e. The third kappa shape index (κ3) is 4.44. The Morgan fingerprint density at radius 1 is 0.467 bits per heavy atom. The highest BCUT2D eigenvalue weighted by Crippen LogP contribution is 2.55. The lowest BCUT2D eigenvalue weighted by Gasteiger charge is -2.37. The van der Waals surface area contributed by atoms with E-state index in [-0.39, 0.29) is 0 Å². The number of nitrogens with zero attached hydrogens (tertiary/aromatic N) is 1. The van der Waals surface area contributed by atoms with Crippen LogP contribution in [0.3, 0.4) is 0 Å². The van der Waals surface area contributed by atoms with Gasteiger partial charge in [-0.25, -0.2) is 10.0 Å². The Hall–Kier alpha value is -2.97. The van der Waals surface area contributed by atoms with Crippen LogP contribution < -0.4 is 4.90 Å². The molecule has 30 heavy (non-hydrogen) atoms. The molecule has 0 fully saturated rings. The van der Waals surface area contributed by atoms with E-state index in [0.717, 1.165) is 11.4 Å². The summed E-state index contributed by atoms with van der Waals surface area (Å²) in [5, 5.41) is 0.426. The normalized spacial score (nSPS) is 12.9. The van der Waals surface area contributed by atoms with Crippen LogP contribution in [0.25, 0.3) is 0 Å². The maximum Gasteiger partial charge on any atom is 0.0461 e. The smallest absolute Gasteiger partial charge is 0.0461 e. The molecule has 4 aromatic rings. The van der Waals surface area contributed by atoms with E-state index in [0.29, 0.717) is 5.25 Å². The molecule has 1 nitrogen and oxygen atoms in total. The summed E-state index contributed by atoms with van der Waals surface area (Å²) in [5.41, 5.74) is 6.28. The Morgan fingerprint density at radius 3 is 1.27 bits per heavy atom. The summed E-state index contributed by atoms with van der Waals surface area (Å²) < 4.78 is 0. The van der Waals surface area contributed by atoms with Crippen molar-refractivity contribution >= 4 is 27.1 Å². The van der Waals surface area contributed by atoms with Gasteiger partial charge < -0.3 is 4.90 Å². The van der Waals surface area contributed by atoms with Crippen molar-refractivity contribution in [3.8, 4) is 0 Å². The molecular weight excluding hydrogens is 382 g/mol. The van der Waals surface area contributed by atoms with Crippen molar-refractivity contribution < 1.29 is 0 Å². The van der Waals surface area contributed by atoms with Crippen LogP contribution in [0.2, 0.25) is 0 Å². The molecule has 1 atom stereocenters. The lowest BCUT2D eigenvalue weighted by molar-refractivity contribution is 1.13.